The van der Waals surface area contributed by atoms with Crippen molar-refractivity contribution in [3.05, 3.63) is 54.1 Å². The Bertz CT molecular complexity index is 769. The third-order valence-corrected chi connectivity index (χ3v) is 5.55. The van der Waals surface area contributed by atoms with Gasteiger partial charge in [0.2, 0.25) is 0 Å². The van der Waals surface area contributed by atoms with E-state index >= 15 is 0 Å². The highest BCUT2D eigenvalue weighted by molar-refractivity contribution is 7.91. The first-order valence-corrected chi connectivity index (χ1v) is 8.49. The van der Waals surface area contributed by atoms with Crippen molar-refractivity contribution in [1.29, 1.82) is 0 Å². The first-order valence-electron chi connectivity index (χ1n) is 6.83. The van der Waals surface area contributed by atoms with Gasteiger partial charge in [-0.1, -0.05) is 30.3 Å². The lowest BCUT2D eigenvalue weighted by Crippen LogP contribution is -2.16. The summed E-state index contributed by atoms with van der Waals surface area (Å²) in [5, 5.41) is 3.38. The zero-order chi connectivity index (χ0) is 15.0. The molecule has 5 heteroatoms. The zero-order valence-electron chi connectivity index (χ0n) is 12.1. The van der Waals surface area contributed by atoms with Crippen LogP contribution in [0.2, 0.25) is 0 Å². The minimum Gasteiger partial charge on any atom is -0.376 e. The Morgan fingerprint density at radius 1 is 1.05 bits per heavy atom. The number of anilines is 2. The third kappa shape index (κ3) is 2.49. The van der Waals surface area contributed by atoms with Crippen LogP contribution in [0.3, 0.4) is 0 Å². The predicted molar refractivity (Wildman–Crippen MR) is 85.6 cm³/mol. The molecule has 0 bridgehead atoms. The summed E-state index contributed by atoms with van der Waals surface area (Å²) in [5.41, 5.74) is 2.84. The van der Waals surface area contributed by atoms with Crippen LogP contribution in [0.25, 0.3) is 0 Å². The summed E-state index contributed by atoms with van der Waals surface area (Å²) in [4.78, 5) is 2.46. The molecule has 2 aromatic rings. The van der Waals surface area contributed by atoms with Crippen molar-refractivity contribution in [1.82, 2.24) is 0 Å². The summed E-state index contributed by atoms with van der Waals surface area (Å²) in [7, 11) is 0.760. The highest BCUT2D eigenvalue weighted by atomic mass is 32.2. The maximum Gasteiger partial charge on any atom is 0.181 e. The second-order valence-electron chi connectivity index (χ2n) is 5.43. The van der Waals surface area contributed by atoms with Crippen LogP contribution in [0, 0.1) is 0 Å². The van der Waals surface area contributed by atoms with Crippen molar-refractivity contribution >= 4 is 21.2 Å². The zero-order valence-corrected chi connectivity index (χ0v) is 12.9. The lowest BCUT2D eigenvalue weighted by molar-refractivity contribution is 0.598. The van der Waals surface area contributed by atoms with E-state index < -0.39 is 9.84 Å². The molecule has 1 N–H and O–H groups in total. The topological polar surface area (TPSA) is 49.4 Å². The van der Waals surface area contributed by atoms with E-state index in [9.17, 15) is 8.42 Å². The van der Waals surface area contributed by atoms with Gasteiger partial charge in [0.1, 0.15) is 0 Å². The van der Waals surface area contributed by atoms with Gasteiger partial charge in [0.05, 0.1) is 28.1 Å². The Kier molecular flexibility index (Phi) is 3.37. The molecular weight excluding hydrogens is 284 g/mol. The van der Waals surface area contributed by atoms with E-state index in [-0.39, 0.29) is 11.8 Å². The number of benzene rings is 2. The Morgan fingerprint density at radius 3 is 2.48 bits per heavy atom. The van der Waals surface area contributed by atoms with Crippen LogP contribution in [-0.2, 0) is 9.84 Å². The van der Waals surface area contributed by atoms with Crippen molar-refractivity contribution in [2.75, 3.05) is 30.1 Å². The van der Waals surface area contributed by atoms with Gasteiger partial charge in [0.15, 0.2) is 9.84 Å². The molecule has 110 valence electrons. The second-order valence-corrected chi connectivity index (χ2v) is 7.43. The molecule has 0 spiro atoms. The van der Waals surface area contributed by atoms with Crippen LogP contribution in [0.15, 0.2) is 53.4 Å². The smallest absolute Gasteiger partial charge is 0.181 e. The molecule has 0 saturated heterocycles. The van der Waals surface area contributed by atoms with Gasteiger partial charge in [-0.25, -0.2) is 8.42 Å². The molecule has 21 heavy (non-hydrogen) atoms. The fraction of sp³-hybridized carbons (Fsp3) is 0.250. The van der Waals surface area contributed by atoms with Crippen molar-refractivity contribution in [3.8, 4) is 0 Å². The second kappa shape index (κ2) is 5.07. The number of nitrogens with one attached hydrogen (secondary N) is 1. The van der Waals surface area contributed by atoms with Gasteiger partial charge in [-0.3, -0.25) is 0 Å². The molecule has 1 aliphatic rings. The van der Waals surface area contributed by atoms with Crippen LogP contribution in [-0.4, -0.2) is 28.3 Å². The third-order valence-electron chi connectivity index (χ3n) is 3.73. The Hall–Kier alpha value is -2.01. The first kappa shape index (κ1) is 13.9. The summed E-state index contributed by atoms with van der Waals surface area (Å²) in [6.45, 7) is 0. The van der Waals surface area contributed by atoms with Gasteiger partial charge in [-0.2, -0.15) is 0 Å². The highest BCUT2D eigenvalue weighted by Gasteiger charge is 2.34. The van der Waals surface area contributed by atoms with Gasteiger partial charge < -0.3 is 10.2 Å². The number of hydrogen-bond donors (Lipinski definition) is 1. The maximum atomic E-state index is 12.2. The fourth-order valence-corrected chi connectivity index (χ4v) is 4.48. The van der Waals surface area contributed by atoms with Crippen molar-refractivity contribution in [2.45, 2.75) is 10.9 Å². The molecule has 2 aromatic carbocycles. The number of para-hydroxylation sites is 2. The molecule has 1 aliphatic heterocycles. The van der Waals surface area contributed by atoms with Crippen LogP contribution in [0.5, 0.6) is 0 Å². The Balaban J connectivity index is 1.98. The van der Waals surface area contributed by atoms with Crippen molar-refractivity contribution < 1.29 is 8.42 Å². The summed E-state index contributed by atoms with van der Waals surface area (Å²) in [5.74, 6) is 0.105. The lowest BCUT2D eigenvalue weighted by atomic mass is 10.1. The van der Waals surface area contributed by atoms with E-state index in [1.165, 1.54) is 0 Å². The lowest BCUT2D eigenvalue weighted by Gasteiger charge is -2.21. The molecule has 1 unspecified atom stereocenters. The standard InChI is InChI=1S/C16H18N2O2S/c1-18(2)15-9-5-4-8-13(15)17-14-11-21(19,20)16-10-6-3-7-12(14)16/h3-10,14,17H,11H2,1-2H3. The van der Waals surface area contributed by atoms with E-state index in [4.69, 9.17) is 0 Å². The molecular formula is C16H18N2O2S. The quantitative estimate of drug-likeness (QED) is 0.947. The normalized spacial score (nSPS) is 19.0. The van der Waals surface area contributed by atoms with E-state index in [1.54, 1.807) is 12.1 Å². The minimum atomic E-state index is -3.18. The van der Waals surface area contributed by atoms with Gasteiger partial charge in [0, 0.05) is 14.1 Å². The molecule has 0 radical (unpaired) electrons. The van der Waals surface area contributed by atoms with Crippen LogP contribution in [0.1, 0.15) is 11.6 Å². The minimum absolute atomic E-state index is 0.105. The van der Waals surface area contributed by atoms with Gasteiger partial charge in [-0.15, -0.1) is 0 Å². The largest absolute Gasteiger partial charge is 0.376 e. The number of sulfone groups is 1. The van der Waals surface area contributed by atoms with Crippen molar-refractivity contribution in [3.63, 3.8) is 0 Å². The Morgan fingerprint density at radius 2 is 1.71 bits per heavy atom. The summed E-state index contributed by atoms with van der Waals surface area (Å²) >= 11 is 0. The maximum absolute atomic E-state index is 12.2. The molecule has 4 nitrogen and oxygen atoms in total. The van der Waals surface area contributed by atoms with E-state index in [2.05, 4.69) is 5.32 Å². The van der Waals surface area contributed by atoms with Gasteiger partial charge in [0.25, 0.3) is 0 Å². The average molecular weight is 302 g/mol. The molecule has 1 heterocycles. The summed E-state index contributed by atoms with van der Waals surface area (Å²) < 4.78 is 24.4. The Labute approximate surface area is 125 Å². The number of rotatable bonds is 3. The molecule has 0 aromatic heterocycles. The van der Waals surface area contributed by atoms with E-state index in [1.807, 2.05) is 55.4 Å². The number of hydrogen-bond acceptors (Lipinski definition) is 4. The monoisotopic (exact) mass is 302 g/mol. The molecule has 3 rings (SSSR count). The van der Waals surface area contributed by atoms with E-state index in [0.29, 0.717) is 4.90 Å². The summed E-state index contributed by atoms with van der Waals surface area (Å²) in [6, 6.07) is 14.9. The average Bonchev–Trinajstić information content (AvgIpc) is 2.71. The first-order chi connectivity index (χ1) is 9.99. The van der Waals surface area contributed by atoms with Crippen LogP contribution < -0.4 is 10.2 Å². The molecule has 0 fully saturated rings. The van der Waals surface area contributed by atoms with Gasteiger partial charge in [-0.05, 0) is 23.8 Å². The predicted octanol–water partition coefficient (Wildman–Crippen LogP) is 2.69. The summed E-state index contributed by atoms with van der Waals surface area (Å²) in [6.07, 6.45) is 0. The van der Waals surface area contributed by atoms with Gasteiger partial charge >= 0.3 is 0 Å². The molecule has 0 saturated carbocycles. The van der Waals surface area contributed by atoms with Crippen LogP contribution >= 0.6 is 0 Å². The molecule has 0 aliphatic carbocycles. The molecule has 1 atom stereocenters. The van der Waals surface area contributed by atoms with Crippen LogP contribution in [0.4, 0.5) is 11.4 Å². The number of nitrogens with zero attached hydrogens (tertiary/aromatic N) is 1. The fourth-order valence-electron chi connectivity index (χ4n) is 2.74. The van der Waals surface area contributed by atoms with Crippen molar-refractivity contribution in [2.24, 2.45) is 0 Å². The SMILES string of the molecule is CN(C)c1ccccc1NC1CS(=O)(=O)c2ccccc21. The van der Waals surface area contributed by atoms with E-state index in [0.717, 1.165) is 16.9 Å². The molecule has 0 amide bonds. The highest BCUT2D eigenvalue weighted by Crippen LogP contribution is 2.37. The number of fused-ring (bicyclic) bond motifs is 1.